The Morgan fingerprint density at radius 3 is 2.81 bits per heavy atom. The van der Waals surface area contributed by atoms with E-state index < -0.39 is 0 Å². The first-order chi connectivity index (χ1) is 10.2. The van der Waals surface area contributed by atoms with Crippen LogP contribution in [0.3, 0.4) is 0 Å². The summed E-state index contributed by atoms with van der Waals surface area (Å²) in [6.45, 7) is 1.18. The van der Waals surface area contributed by atoms with E-state index >= 15 is 0 Å². The lowest BCUT2D eigenvalue weighted by Gasteiger charge is -2.11. The molecule has 2 aromatic rings. The van der Waals surface area contributed by atoms with Crippen molar-refractivity contribution in [1.82, 2.24) is 4.98 Å². The molecule has 0 radical (unpaired) electrons. The predicted molar refractivity (Wildman–Crippen MR) is 81.0 cm³/mol. The van der Waals surface area contributed by atoms with Gasteiger partial charge in [0, 0.05) is 23.0 Å². The van der Waals surface area contributed by atoms with Gasteiger partial charge in [-0.3, -0.25) is 4.79 Å². The molecule has 0 unspecified atom stereocenters. The average molecular weight is 349 g/mol. The Balaban J connectivity index is 1.75. The van der Waals surface area contributed by atoms with E-state index in [2.05, 4.69) is 26.2 Å². The SMILES string of the molecule is O=C(Nc1cccc(C2OCCO2)c1)c1ccnc(Br)c1. The average Bonchev–Trinajstić information content (AvgIpc) is 3.02. The number of rotatable bonds is 3. The predicted octanol–water partition coefficient (Wildman–Crippen LogP) is 3.14. The molecule has 0 aliphatic carbocycles. The largest absolute Gasteiger partial charge is 0.346 e. The van der Waals surface area contributed by atoms with E-state index in [4.69, 9.17) is 9.47 Å². The van der Waals surface area contributed by atoms with Gasteiger partial charge >= 0.3 is 0 Å². The summed E-state index contributed by atoms with van der Waals surface area (Å²) in [5.41, 5.74) is 2.13. The molecule has 0 spiro atoms. The van der Waals surface area contributed by atoms with Crippen LogP contribution in [0.15, 0.2) is 47.2 Å². The topological polar surface area (TPSA) is 60.5 Å². The van der Waals surface area contributed by atoms with Crippen LogP contribution >= 0.6 is 15.9 Å². The van der Waals surface area contributed by atoms with E-state index in [-0.39, 0.29) is 12.2 Å². The Kier molecular flexibility index (Phi) is 4.28. The number of benzene rings is 1. The number of halogens is 1. The van der Waals surface area contributed by atoms with Gasteiger partial charge in [0.2, 0.25) is 0 Å². The molecule has 21 heavy (non-hydrogen) atoms. The van der Waals surface area contributed by atoms with Gasteiger partial charge in [-0.1, -0.05) is 12.1 Å². The highest BCUT2D eigenvalue weighted by atomic mass is 79.9. The van der Waals surface area contributed by atoms with Gasteiger partial charge in [0.25, 0.3) is 5.91 Å². The second-order valence-electron chi connectivity index (χ2n) is 4.52. The van der Waals surface area contributed by atoms with Crippen LogP contribution in [0.2, 0.25) is 0 Å². The molecule has 1 fully saturated rings. The lowest BCUT2D eigenvalue weighted by molar-refractivity contribution is -0.0440. The van der Waals surface area contributed by atoms with Crippen molar-refractivity contribution in [2.75, 3.05) is 18.5 Å². The van der Waals surface area contributed by atoms with E-state index in [1.54, 1.807) is 18.3 Å². The minimum atomic E-state index is -0.350. The minimum Gasteiger partial charge on any atom is -0.346 e. The Hall–Kier alpha value is -1.76. The first-order valence-electron chi connectivity index (χ1n) is 6.48. The standard InChI is InChI=1S/C15H13BrN2O3/c16-13-9-10(4-5-17-13)14(19)18-12-3-1-2-11(8-12)15-20-6-7-21-15/h1-5,8-9,15H,6-7H2,(H,18,19). The highest BCUT2D eigenvalue weighted by Gasteiger charge is 2.18. The number of hydrogen-bond donors (Lipinski definition) is 1. The molecule has 5 nitrogen and oxygen atoms in total. The quantitative estimate of drug-likeness (QED) is 0.865. The fraction of sp³-hybridized carbons (Fsp3) is 0.200. The summed E-state index contributed by atoms with van der Waals surface area (Å²) in [4.78, 5) is 16.2. The van der Waals surface area contributed by atoms with Gasteiger partial charge in [-0.15, -0.1) is 0 Å². The summed E-state index contributed by atoms with van der Waals surface area (Å²) in [6.07, 6.45) is 1.23. The van der Waals surface area contributed by atoms with Crippen LogP contribution in [0, 0.1) is 0 Å². The van der Waals surface area contributed by atoms with Crippen molar-refractivity contribution in [1.29, 1.82) is 0 Å². The number of carbonyl (C=O) groups excluding carboxylic acids is 1. The first-order valence-corrected chi connectivity index (χ1v) is 7.28. The van der Waals surface area contributed by atoms with E-state index in [9.17, 15) is 4.79 Å². The Morgan fingerprint density at radius 1 is 1.24 bits per heavy atom. The number of carbonyl (C=O) groups is 1. The number of nitrogens with zero attached hydrogens (tertiary/aromatic N) is 1. The number of anilines is 1. The molecule has 1 aromatic heterocycles. The lowest BCUT2D eigenvalue weighted by atomic mass is 10.2. The van der Waals surface area contributed by atoms with Crippen molar-refractivity contribution in [2.24, 2.45) is 0 Å². The minimum absolute atomic E-state index is 0.191. The zero-order valence-electron chi connectivity index (χ0n) is 11.1. The Morgan fingerprint density at radius 2 is 2.05 bits per heavy atom. The van der Waals surface area contributed by atoms with E-state index in [0.717, 1.165) is 5.56 Å². The maximum atomic E-state index is 12.2. The van der Waals surface area contributed by atoms with Crippen LogP contribution in [0.1, 0.15) is 22.2 Å². The Labute approximate surface area is 130 Å². The van der Waals surface area contributed by atoms with Gasteiger partial charge in [-0.2, -0.15) is 0 Å². The van der Waals surface area contributed by atoms with Gasteiger partial charge < -0.3 is 14.8 Å². The molecule has 1 aromatic carbocycles. The molecule has 0 atom stereocenters. The molecule has 1 N–H and O–H groups in total. The normalized spacial score (nSPS) is 15.1. The molecule has 0 saturated carbocycles. The van der Waals surface area contributed by atoms with Crippen LogP contribution in [0.25, 0.3) is 0 Å². The van der Waals surface area contributed by atoms with Crippen LogP contribution in [0.4, 0.5) is 5.69 Å². The number of aromatic nitrogens is 1. The summed E-state index contributed by atoms with van der Waals surface area (Å²) in [5.74, 6) is -0.191. The molecule has 2 heterocycles. The fourth-order valence-electron chi connectivity index (χ4n) is 2.06. The fourth-order valence-corrected chi connectivity index (χ4v) is 2.43. The van der Waals surface area contributed by atoms with Crippen molar-refractivity contribution in [3.63, 3.8) is 0 Å². The highest BCUT2D eigenvalue weighted by molar-refractivity contribution is 9.10. The van der Waals surface area contributed by atoms with Gasteiger partial charge in [0.1, 0.15) is 4.60 Å². The smallest absolute Gasteiger partial charge is 0.255 e. The maximum Gasteiger partial charge on any atom is 0.255 e. The van der Waals surface area contributed by atoms with E-state index in [1.165, 1.54) is 0 Å². The van der Waals surface area contributed by atoms with Crippen LogP contribution in [-0.4, -0.2) is 24.1 Å². The van der Waals surface area contributed by atoms with Gasteiger partial charge in [0.05, 0.1) is 13.2 Å². The number of nitrogens with one attached hydrogen (secondary N) is 1. The van der Waals surface area contributed by atoms with Gasteiger partial charge in [0.15, 0.2) is 6.29 Å². The molecule has 6 heteroatoms. The lowest BCUT2D eigenvalue weighted by Crippen LogP contribution is -2.12. The second kappa shape index (κ2) is 6.34. The molecule has 1 aliphatic rings. The molecule has 1 aliphatic heterocycles. The maximum absolute atomic E-state index is 12.2. The molecule has 1 amide bonds. The second-order valence-corrected chi connectivity index (χ2v) is 5.33. The summed E-state index contributed by atoms with van der Waals surface area (Å²) in [5, 5.41) is 2.85. The molecular weight excluding hydrogens is 336 g/mol. The summed E-state index contributed by atoms with van der Waals surface area (Å²) >= 11 is 3.25. The third-order valence-corrected chi connectivity index (χ3v) is 3.46. The van der Waals surface area contributed by atoms with E-state index in [1.807, 2.05) is 24.3 Å². The van der Waals surface area contributed by atoms with Crippen molar-refractivity contribution >= 4 is 27.5 Å². The highest BCUT2D eigenvalue weighted by Crippen LogP contribution is 2.25. The van der Waals surface area contributed by atoms with Crippen molar-refractivity contribution < 1.29 is 14.3 Å². The Bertz CT molecular complexity index is 657. The zero-order valence-corrected chi connectivity index (χ0v) is 12.7. The van der Waals surface area contributed by atoms with Crippen molar-refractivity contribution in [3.8, 4) is 0 Å². The molecule has 3 rings (SSSR count). The number of hydrogen-bond acceptors (Lipinski definition) is 4. The van der Waals surface area contributed by atoms with Crippen LogP contribution in [-0.2, 0) is 9.47 Å². The van der Waals surface area contributed by atoms with Crippen LogP contribution < -0.4 is 5.32 Å². The molecule has 0 bridgehead atoms. The van der Waals surface area contributed by atoms with Crippen molar-refractivity contribution in [2.45, 2.75) is 6.29 Å². The summed E-state index contributed by atoms with van der Waals surface area (Å²) in [7, 11) is 0. The third-order valence-electron chi connectivity index (χ3n) is 3.03. The van der Waals surface area contributed by atoms with Crippen LogP contribution in [0.5, 0.6) is 0 Å². The third kappa shape index (κ3) is 3.47. The molecular formula is C15H13BrN2O3. The first kappa shape index (κ1) is 14.2. The van der Waals surface area contributed by atoms with E-state index in [0.29, 0.717) is 29.1 Å². The van der Waals surface area contributed by atoms with Gasteiger partial charge in [-0.25, -0.2) is 4.98 Å². The number of ether oxygens (including phenoxy) is 2. The number of pyridine rings is 1. The number of amides is 1. The molecule has 1 saturated heterocycles. The van der Waals surface area contributed by atoms with Gasteiger partial charge in [-0.05, 0) is 40.2 Å². The summed E-state index contributed by atoms with van der Waals surface area (Å²) in [6, 6.07) is 10.8. The zero-order chi connectivity index (χ0) is 14.7. The molecule has 108 valence electrons. The van der Waals surface area contributed by atoms with Crippen molar-refractivity contribution in [3.05, 3.63) is 58.3 Å². The summed E-state index contributed by atoms with van der Waals surface area (Å²) < 4.78 is 11.5. The monoisotopic (exact) mass is 348 g/mol.